The molecular weight excluding hydrogens is 268 g/mol. The lowest BCUT2D eigenvalue weighted by Gasteiger charge is -2.32. The molecule has 2 saturated heterocycles. The first kappa shape index (κ1) is 14.8. The highest BCUT2D eigenvalue weighted by molar-refractivity contribution is 5.83. The van der Waals surface area contributed by atoms with Crippen molar-refractivity contribution in [2.75, 3.05) is 32.7 Å². The van der Waals surface area contributed by atoms with Crippen molar-refractivity contribution in [3.63, 3.8) is 0 Å². The van der Waals surface area contributed by atoms with Gasteiger partial charge in [0.15, 0.2) is 0 Å². The quantitative estimate of drug-likeness (QED) is 0.649. The fourth-order valence-electron chi connectivity index (χ4n) is 3.95. The van der Waals surface area contributed by atoms with Crippen LogP contribution < -0.4 is 16.4 Å². The van der Waals surface area contributed by atoms with Gasteiger partial charge in [0.1, 0.15) is 0 Å². The lowest BCUT2D eigenvalue weighted by molar-refractivity contribution is -0.125. The number of primary amides is 1. The number of rotatable bonds is 4. The molecule has 2 amide bonds. The summed E-state index contributed by atoms with van der Waals surface area (Å²) in [5.41, 5.74) is 5.52. The van der Waals surface area contributed by atoms with Crippen LogP contribution >= 0.6 is 0 Å². The third-order valence-corrected chi connectivity index (χ3v) is 5.42. The van der Waals surface area contributed by atoms with E-state index in [9.17, 15) is 9.59 Å². The summed E-state index contributed by atoms with van der Waals surface area (Å²) < 4.78 is 0. The third kappa shape index (κ3) is 3.37. The smallest absolute Gasteiger partial charge is 0.231 e. The number of nitrogens with zero attached hydrogens (tertiary/aromatic N) is 1. The van der Waals surface area contributed by atoms with Crippen molar-refractivity contribution in [2.24, 2.45) is 17.1 Å². The van der Waals surface area contributed by atoms with E-state index in [4.69, 9.17) is 5.73 Å². The van der Waals surface area contributed by atoms with E-state index in [-0.39, 0.29) is 23.8 Å². The first-order chi connectivity index (χ1) is 10.1. The molecule has 2 heterocycles. The maximum atomic E-state index is 12.4. The molecule has 118 valence electrons. The monoisotopic (exact) mass is 294 g/mol. The van der Waals surface area contributed by atoms with Crippen molar-refractivity contribution in [1.29, 1.82) is 0 Å². The number of nitrogens with two attached hydrogens (primary N) is 1. The SMILES string of the molecule is NC(=O)CN1CCC(NC(=O)C2CC23CCNCC3)CC1. The highest BCUT2D eigenvalue weighted by Crippen LogP contribution is 2.58. The highest BCUT2D eigenvalue weighted by atomic mass is 16.2. The van der Waals surface area contributed by atoms with Gasteiger partial charge < -0.3 is 16.4 Å². The van der Waals surface area contributed by atoms with Crippen molar-refractivity contribution in [3.8, 4) is 0 Å². The zero-order valence-electron chi connectivity index (χ0n) is 12.6. The minimum Gasteiger partial charge on any atom is -0.369 e. The van der Waals surface area contributed by atoms with Crippen molar-refractivity contribution in [2.45, 2.75) is 38.1 Å². The maximum absolute atomic E-state index is 12.4. The molecule has 0 aromatic carbocycles. The van der Waals surface area contributed by atoms with E-state index in [1.54, 1.807) is 0 Å². The molecule has 21 heavy (non-hydrogen) atoms. The Labute approximate surface area is 125 Å². The summed E-state index contributed by atoms with van der Waals surface area (Å²) in [6, 6.07) is 0.265. The molecule has 4 N–H and O–H groups in total. The predicted octanol–water partition coefficient (Wildman–Crippen LogP) is -0.558. The second-order valence-corrected chi connectivity index (χ2v) is 6.89. The van der Waals surface area contributed by atoms with E-state index in [2.05, 4.69) is 15.5 Å². The van der Waals surface area contributed by atoms with Crippen LogP contribution in [0.5, 0.6) is 0 Å². The Morgan fingerprint density at radius 3 is 2.52 bits per heavy atom. The summed E-state index contributed by atoms with van der Waals surface area (Å²) in [6.07, 6.45) is 5.19. The molecule has 3 fully saturated rings. The molecule has 3 aliphatic rings. The number of nitrogens with one attached hydrogen (secondary N) is 2. The summed E-state index contributed by atoms with van der Waals surface area (Å²) in [7, 11) is 0. The zero-order chi connectivity index (χ0) is 14.9. The van der Waals surface area contributed by atoms with Crippen LogP contribution in [0.1, 0.15) is 32.1 Å². The van der Waals surface area contributed by atoms with E-state index < -0.39 is 0 Å². The molecule has 1 spiro atoms. The Hall–Kier alpha value is -1.14. The van der Waals surface area contributed by atoms with Gasteiger partial charge in [-0.25, -0.2) is 0 Å². The predicted molar refractivity (Wildman–Crippen MR) is 79.4 cm³/mol. The van der Waals surface area contributed by atoms with Gasteiger partial charge in [0.2, 0.25) is 11.8 Å². The number of hydrogen-bond donors (Lipinski definition) is 3. The normalized spacial score (nSPS) is 29.2. The van der Waals surface area contributed by atoms with Crippen LogP contribution in [-0.4, -0.2) is 55.5 Å². The van der Waals surface area contributed by atoms with Gasteiger partial charge in [0.25, 0.3) is 0 Å². The van der Waals surface area contributed by atoms with E-state index >= 15 is 0 Å². The Morgan fingerprint density at radius 2 is 1.90 bits per heavy atom. The maximum Gasteiger partial charge on any atom is 0.231 e. The molecule has 1 atom stereocenters. The topological polar surface area (TPSA) is 87.5 Å². The standard InChI is InChI=1S/C15H26N4O2/c16-13(20)10-19-7-1-11(2-8-19)18-14(21)12-9-15(12)3-5-17-6-4-15/h11-12,17H,1-10H2,(H2,16,20)(H,18,21). The minimum atomic E-state index is -0.275. The van der Waals surface area contributed by atoms with Crippen LogP contribution in [0.25, 0.3) is 0 Å². The molecule has 1 aliphatic carbocycles. The molecule has 0 radical (unpaired) electrons. The highest BCUT2D eigenvalue weighted by Gasteiger charge is 2.57. The molecule has 0 aromatic heterocycles. The second kappa shape index (κ2) is 5.93. The first-order valence-electron chi connectivity index (χ1n) is 8.11. The van der Waals surface area contributed by atoms with E-state index in [0.717, 1.165) is 58.3 Å². The fraction of sp³-hybridized carbons (Fsp3) is 0.867. The lowest BCUT2D eigenvalue weighted by Crippen LogP contribution is -2.47. The van der Waals surface area contributed by atoms with Gasteiger partial charge in [-0.3, -0.25) is 14.5 Å². The Morgan fingerprint density at radius 1 is 1.24 bits per heavy atom. The van der Waals surface area contributed by atoms with Crippen LogP contribution in [0.15, 0.2) is 0 Å². The van der Waals surface area contributed by atoms with Gasteiger partial charge in [-0.05, 0) is 50.6 Å². The molecule has 2 aliphatic heterocycles. The molecule has 1 saturated carbocycles. The van der Waals surface area contributed by atoms with Crippen LogP contribution in [0.4, 0.5) is 0 Å². The van der Waals surface area contributed by atoms with Crippen LogP contribution in [0.3, 0.4) is 0 Å². The second-order valence-electron chi connectivity index (χ2n) is 6.89. The van der Waals surface area contributed by atoms with Gasteiger partial charge in [-0.2, -0.15) is 0 Å². The average molecular weight is 294 g/mol. The largest absolute Gasteiger partial charge is 0.369 e. The van der Waals surface area contributed by atoms with Crippen molar-refractivity contribution in [3.05, 3.63) is 0 Å². The molecular formula is C15H26N4O2. The fourth-order valence-corrected chi connectivity index (χ4v) is 3.95. The Kier molecular flexibility index (Phi) is 4.17. The summed E-state index contributed by atoms with van der Waals surface area (Å²) >= 11 is 0. The molecule has 1 unspecified atom stereocenters. The molecule has 3 rings (SSSR count). The lowest BCUT2D eigenvalue weighted by atomic mass is 9.91. The zero-order valence-corrected chi connectivity index (χ0v) is 12.6. The van der Waals surface area contributed by atoms with E-state index in [0.29, 0.717) is 12.0 Å². The molecule has 0 aromatic rings. The first-order valence-corrected chi connectivity index (χ1v) is 8.11. The average Bonchev–Trinajstić information content (AvgIpc) is 3.15. The van der Waals surface area contributed by atoms with Gasteiger partial charge in [0.05, 0.1) is 6.54 Å². The molecule has 0 bridgehead atoms. The summed E-state index contributed by atoms with van der Waals surface area (Å²) in [5.74, 6) is 0.219. The molecule has 6 nitrogen and oxygen atoms in total. The van der Waals surface area contributed by atoms with Crippen molar-refractivity contribution in [1.82, 2.24) is 15.5 Å². The summed E-state index contributed by atoms with van der Waals surface area (Å²) in [6.45, 7) is 4.12. The number of carbonyl (C=O) groups is 2. The van der Waals surface area contributed by atoms with Crippen LogP contribution in [0, 0.1) is 11.3 Å². The minimum absolute atomic E-state index is 0.239. The van der Waals surface area contributed by atoms with Crippen LogP contribution in [-0.2, 0) is 9.59 Å². The number of hydrogen-bond acceptors (Lipinski definition) is 4. The van der Waals surface area contributed by atoms with Crippen LogP contribution in [0.2, 0.25) is 0 Å². The van der Waals surface area contributed by atoms with E-state index in [1.165, 1.54) is 0 Å². The number of carbonyl (C=O) groups excluding carboxylic acids is 2. The van der Waals surface area contributed by atoms with E-state index in [1.807, 2.05) is 0 Å². The van der Waals surface area contributed by atoms with Gasteiger partial charge in [-0.1, -0.05) is 0 Å². The van der Waals surface area contributed by atoms with Crippen molar-refractivity contribution < 1.29 is 9.59 Å². The number of piperidine rings is 2. The Bertz CT molecular complexity index is 412. The number of amides is 2. The third-order valence-electron chi connectivity index (χ3n) is 5.42. The number of likely N-dealkylation sites (tertiary alicyclic amines) is 1. The summed E-state index contributed by atoms with van der Waals surface area (Å²) in [4.78, 5) is 25.4. The Balaban J connectivity index is 1.42. The van der Waals surface area contributed by atoms with Gasteiger partial charge >= 0.3 is 0 Å². The summed E-state index contributed by atoms with van der Waals surface area (Å²) in [5, 5.41) is 6.59. The molecule has 6 heteroatoms. The van der Waals surface area contributed by atoms with Gasteiger partial charge in [-0.15, -0.1) is 0 Å². The van der Waals surface area contributed by atoms with Crippen molar-refractivity contribution >= 4 is 11.8 Å². The van der Waals surface area contributed by atoms with Gasteiger partial charge in [0, 0.05) is 25.0 Å².